The van der Waals surface area contributed by atoms with Gasteiger partial charge in [-0.3, -0.25) is 14.4 Å². The third-order valence-corrected chi connectivity index (χ3v) is 3.10. The Labute approximate surface area is 126 Å². The van der Waals surface area contributed by atoms with Gasteiger partial charge in [0.15, 0.2) is 5.78 Å². The second kappa shape index (κ2) is 7.63. The Hall–Kier alpha value is -2.31. The fraction of sp³-hybridized carbons (Fsp3) is 0.400. The Morgan fingerprint density at radius 2 is 1.82 bits per heavy atom. The Morgan fingerprint density at radius 3 is 2.32 bits per heavy atom. The first-order valence-electron chi connectivity index (χ1n) is 6.79. The van der Waals surface area contributed by atoms with Crippen LogP contribution in [0.25, 0.3) is 0 Å². The van der Waals surface area contributed by atoms with Crippen molar-refractivity contribution in [2.45, 2.75) is 32.7 Å². The molecule has 0 aliphatic carbocycles. The molecule has 1 atom stereocenters. The fourth-order valence-corrected chi connectivity index (χ4v) is 1.89. The van der Waals surface area contributed by atoms with Crippen molar-refractivity contribution in [2.24, 2.45) is 11.7 Å². The van der Waals surface area contributed by atoms with Crippen molar-refractivity contribution in [3.8, 4) is 0 Å². The van der Waals surface area contributed by atoms with Crippen molar-refractivity contribution in [3.63, 3.8) is 0 Å². The number of nitrogens with two attached hydrogens (primary N) is 1. The highest BCUT2D eigenvalue weighted by molar-refractivity contribution is 5.98. The van der Waals surface area contributed by atoms with Crippen molar-refractivity contribution in [3.05, 3.63) is 35.4 Å². The van der Waals surface area contributed by atoms with E-state index >= 15 is 0 Å². The summed E-state index contributed by atoms with van der Waals surface area (Å²) in [6, 6.07) is 1.78. The fourth-order valence-electron chi connectivity index (χ4n) is 1.89. The van der Waals surface area contributed by atoms with Crippen molar-refractivity contribution >= 4 is 17.6 Å². The number of carbonyl (C=O) groups is 3. The quantitative estimate of drug-likeness (QED) is 0.749. The number of hydrogen-bond acceptors (Lipinski definition) is 3. The van der Waals surface area contributed by atoms with Crippen LogP contribution >= 0.6 is 0 Å². The standard InChI is InChI=1S/C15H18F2N2O3/c1-8(2)14(15(18)22)19-13(21)6-5-12(20)10-4-3-9(16)7-11(10)17/h3-4,7-8,14H,5-6H2,1-2H3,(H2,18,22)(H,19,21)/t14-/m0/s1. The Bertz CT molecular complexity index is 588. The summed E-state index contributed by atoms with van der Waals surface area (Å²) < 4.78 is 26.2. The van der Waals surface area contributed by atoms with Crippen LogP contribution in [0, 0.1) is 17.6 Å². The average Bonchev–Trinajstić information content (AvgIpc) is 2.41. The van der Waals surface area contributed by atoms with Gasteiger partial charge in [-0.1, -0.05) is 13.8 Å². The molecule has 0 fully saturated rings. The summed E-state index contributed by atoms with van der Waals surface area (Å²) in [5.74, 6) is -3.76. The van der Waals surface area contributed by atoms with Crippen LogP contribution in [0.1, 0.15) is 37.0 Å². The van der Waals surface area contributed by atoms with Gasteiger partial charge in [0.1, 0.15) is 17.7 Å². The Balaban J connectivity index is 2.60. The number of primary amides is 1. The summed E-state index contributed by atoms with van der Waals surface area (Å²) in [6.45, 7) is 3.43. The van der Waals surface area contributed by atoms with E-state index in [1.165, 1.54) is 0 Å². The minimum absolute atomic E-state index is 0.188. The first-order valence-corrected chi connectivity index (χ1v) is 6.79. The normalized spacial score (nSPS) is 12.0. The molecule has 120 valence electrons. The zero-order valence-electron chi connectivity index (χ0n) is 12.4. The third-order valence-electron chi connectivity index (χ3n) is 3.10. The lowest BCUT2D eigenvalue weighted by Crippen LogP contribution is -2.47. The predicted octanol–water partition coefficient (Wildman–Crippen LogP) is 1.55. The topological polar surface area (TPSA) is 89.3 Å². The van der Waals surface area contributed by atoms with Crippen LogP contribution in [0.3, 0.4) is 0 Å². The molecule has 1 aromatic carbocycles. The first-order chi connectivity index (χ1) is 10.2. The van der Waals surface area contributed by atoms with Crippen molar-refractivity contribution in [1.29, 1.82) is 0 Å². The largest absolute Gasteiger partial charge is 0.368 e. The molecule has 0 spiro atoms. The van der Waals surface area contributed by atoms with Gasteiger partial charge in [0.25, 0.3) is 0 Å². The number of hydrogen-bond donors (Lipinski definition) is 2. The van der Waals surface area contributed by atoms with Gasteiger partial charge in [-0.25, -0.2) is 8.78 Å². The summed E-state index contributed by atoms with van der Waals surface area (Å²) >= 11 is 0. The molecule has 0 saturated heterocycles. The van der Waals surface area contributed by atoms with Gasteiger partial charge < -0.3 is 11.1 Å². The molecule has 0 aliphatic heterocycles. The summed E-state index contributed by atoms with van der Waals surface area (Å²) in [7, 11) is 0. The van der Waals surface area contributed by atoms with E-state index in [1.54, 1.807) is 13.8 Å². The van der Waals surface area contributed by atoms with E-state index in [-0.39, 0.29) is 24.3 Å². The molecule has 3 N–H and O–H groups in total. The lowest BCUT2D eigenvalue weighted by Gasteiger charge is -2.18. The van der Waals surface area contributed by atoms with Gasteiger partial charge in [-0.2, -0.15) is 0 Å². The minimum Gasteiger partial charge on any atom is -0.368 e. The molecule has 0 heterocycles. The van der Waals surface area contributed by atoms with Gasteiger partial charge >= 0.3 is 0 Å². The van der Waals surface area contributed by atoms with Crippen LogP contribution in [0.5, 0.6) is 0 Å². The van der Waals surface area contributed by atoms with Crippen LogP contribution in [-0.2, 0) is 9.59 Å². The van der Waals surface area contributed by atoms with Gasteiger partial charge in [0, 0.05) is 18.9 Å². The molecule has 1 aromatic rings. The minimum atomic E-state index is -0.970. The lowest BCUT2D eigenvalue weighted by molar-refractivity contribution is -0.128. The molecular formula is C15H18F2N2O3. The number of carbonyl (C=O) groups excluding carboxylic acids is 3. The number of amides is 2. The smallest absolute Gasteiger partial charge is 0.240 e. The van der Waals surface area contributed by atoms with Crippen LogP contribution in [0.4, 0.5) is 8.78 Å². The zero-order chi connectivity index (χ0) is 16.9. The zero-order valence-corrected chi connectivity index (χ0v) is 12.4. The maximum absolute atomic E-state index is 13.4. The van der Waals surface area contributed by atoms with E-state index in [1.807, 2.05) is 0 Å². The number of nitrogens with one attached hydrogen (secondary N) is 1. The molecule has 0 unspecified atom stereocenters. The molecule has 5 nitrogen and oxygen atoms in total. The van der Waals surface area contributed by atoms with E-state index in [2.05, 4.69) is 5.32 Å². The number of Topliss-reactive ketones (excluding diaryl/α,β-unsaturated/α-hetero) is 1. The van der Waals surface area contributed by atoms with Gasteiger partial charge in [0.2, 0.25) is 11.8 Å². The number of benzene rings is 1. The molecule has 0 saturated carbocycles. The van der Waals surface area contributed by atoms with Crippen molar-refractivity contribution in [2.75, 3.05) is 0 Å². The van der Waals surface area contributed by atoms with Crippen LogP contribution in [0.15, 0.2) is 18.2 Å². The molecule has 7 heteroatoms. The summed E-state index contributed by atoms with van der Waals surface area (Å²) in [5, 5.41) is 2.43. The SMILES string of the molecule is CC(C)[C@H](NC(=O)CCC(=O)c1ccc(F)cc1F)C(N)=O. The predicted molar refractivity (Wildman–Crippen MR) is 75.9 cm³/mol. The molecule has 1 rings (SSSR count). The lowest BCUT2D eigenvalue weighted by atomic mass is 10.0. The van der Waals surface area contributed by atoms with Crippen molar-refractivity contribution in [1.82, 2.24) is 5.32 Å². The van der Waals surface area contributed by atoms with E-state index in [4.69, 9.17) is 5.73 Å². The average molecular weight is 312 g/mol. The highest BCUT2D eigenvalue weighted by atomic mass is 19.1. The monoisotopic (exact) mass is 312 g/mol. The van der Waals surface area contributed by atoms with Crippen LogP contribution < -0.4 is 11.1 Å². The second-order valence-electron chi connectivity index (χ2n) is 5.24. The number of halogens is 2. The highest BCUT2D eigenvalue weighted by Crippen LogP contribution is 2.13. The summed E-state index contributed by atoms with van der Waals surface area (Å²) in [4.78, 5) is 34.7. The Kier molecular flexibility index (Phi) is 6.15. The molecule has 22 heavy (non-hydrogen) atoms. The van der Waals surface area contributed by atoms with Crippen molar-refractivity contribution < 1.29 is 23.2 Å². The second-order valence-corrected chi connectivity index (χ2v) is 5.24. The molecule has 2 amide bonds. The maximum atomic E-state index is 13.4. The molecule has 0 radical (unpaired) electrons. The first kappa shape index (κ1) is 17.7. The van der Waals surface area contributed by atoms with Crippen LogP contribution in [-0.4, -0.2) is 23.6 Å². The molecule has 0 aromatic heterocycles. The van der Waals surface area contributed by atoms with Gasteiger partial charge in [-0.15, -0.1) is 0 Å². The Morgan fingerprint density at radius 1 is 1.18 bits per heavy atom. The van der Waals surface area contributed by atoms with E-state index < -0.39 is 35.3 Å². The molecule has 0 aliphatic rings. The summed E-state index contributed by atoms with van der Waals surface area (Å²) in [5.41, 5.74) is 4.89. The van der Waals surface area contributed by atoms with E-state index in [0.29, 0.717) is 6.07 Å². The van der Waals surface area contributed by atoms with Crippen LogP contribution in [0.2, 0.25) is 0 Å². The molecule has 0 bridgehead atoms. The van der Waals surface area contributed by atoms with Gasteiger partial charge in [-0.05, 0) is 18.1 Å². The highest BCUT2D eigenvalue weighted by Gasteiger charge is 2.22. The molecular weight excluding hydrogens is 294 g/mol. The third kappa shape index (κ3) is 4.91. The number of ketones is 1. The summed E-state index contributed by atoms with van der Waals surface area (Å²) in [6.07, 6.45) is -0.468. The maximum Gasteiger partial charge on any atom is 0.240 e. The van der Waals surface area contributed by atoms with E-state index in [0.717, 1.165) is 12.1 Å². The number of rotatable bonds is 7. The van der Waals surface area contributed by atoms with Gasteiger partial charge in [0.05, 0.1) is 5.56 Å². The van der Waals surface area contributed by atoms with E-state index in [9.17, 15) is 23.2 Å².